The van der Waals surface area contributed by atoms with Gasteiger partial charge in [-0.05, 0) is 12.8 Å². The van der Waals surface area contributed by atoms with Crippen molar-refractivity contribution in [2.24, 2.45) is 5.41 Å². The van der Waals surface area contributed by atoms with Crippen LogP contribution in [0.15, 0.2) is 0 Å². The highest BCUT2D eigenvalue weighted by Crippen LogP contribution is 2.47. The van der Waals surface area contributed by atoms with Crippen LogP contribution in [0.25, 0.3) is 0 Å². The average Bonchev–Trinajstić information content (AvgIpc) is 2.09. The third-order valence-corrected chi connectivity index (χ3v) is 2.47. The van der Waals surface area contributed by atoms with Crippen LogP contribution in [0.5, 0.6) is 0 Å². The summed E-state index contributed by atoms with van der Waals surface area (Å²) in [5.74, 6) is 0.00898. The quantitative estimate of drug-likeness (QED) is 0.454. The maximum absolute atomic E-state index is 10.6. The zero-order valence-corrected chi connectivity index (χ0v) is 5.35. The molecule has 2 heteroatoms. The highest BCUT2D eigenvalue weighted by molar-refractivity contribution is 5.72. The lowest BCUT2D eigenvalue weighted by atomic mass is 9.68. The largest absolute Gasteiger partial charge is 0.465 e. The van der Waals surface area contributed by atoms with Crippen molar-refractivity contribution in [2.45, 2.75) is 25.7 Å². The van der Waals surface area contributed by atoms with Gasteiger partial charge in [0.15, 0.2) is 0 Å². The minimum atomic E-state index is 0.00898. The predicted molar refractivity (Wildman–Crippen MR) is 31.9 cm³/mol. The molecule has 2 aliphatic rings. The highest BCUT2D eigenvalue weighted by atomic mass is 16.5. The molecule has 2 fully saturated rings. The van der Waals surface area contributed by atoms with Gasteiger partial charge in [-0.1, -0.05) is 6.42 Å². The van der Waals surface area contributed by atoms with Crippen LogP contribution in [0.1, 0.15) is 25.7 Å². The van der Waals surface area contributed by atoms with Crippen LogP contribution in [-0.2, 0) is 9.53 Å². The third-order valence-electron chi connectivity index (χ3n) is 2.47. The molecule has 1 saturated heterocycles. The van der Waals surface area contributed by atoms with Crippen LogP contribution in [0.4, 0.5) is 0 Å². The summed E-state index contributed by atoms with van der Waals surface area (Å²) in [6, 6.07) is 0. The van der Waals surface area contributed by atoms with E-state index in [4.69, 9.17) is 4.74 Å². The fraction of sp³-hybridized carbons (Fsp3) is 0.857. The number of esters is 1. The van der Waals surface area contributed by atoms with Gasteiger partial charge in [0.2, 0.25) is 0 Å². The van der Waals surface area contributed by atoms with E-state index in [-0.39, 0.29) is 5.97 Å². The van der Waals surface area contributed by atoms with Crippen molar-refractivity contribution in [2.75, 3.05) is 6.61 Å². The molecule has 0 radical (unpaired) electrons. The Bertz CT molecular complexity index is 147. The maximum atomic E-state index is 10.6. The molecule has 2 nitrogen and oxygen atoms in total. The third kappa shape index (κ3) is 0.655. The van der Waals surface area contributed by atoms with Gasteiger partial charge < -0.3 is 4.74 Å². The minimum absolute atomic E-state index is 0.00898. The molecule has 0 N–H and O–H groups in total. The summed E-state index contributed by atoms with van der Waals surface area (Å²) in [6.07, 6.45) is 4.39. The van der Waals surface area contributed by atoms with Crippen molar-refractivity contribution < 1.29 is 9.53 Å². The first-order valence-corrected chi connectivity index (χ1v) is 3.46. The van der Waals surface area contributed by atoms with Crippen molar-refractivity contribution in [3.05, 3.63) is 0 Å². The van der Waals surface area contributed by atoms with Crippen LogP contribution in [0, 0.1) is 5.41 Å². The summed E-state index contributed by atoms with van der Waals surface area (Å²) < 4.78 is 4.87. The second-order valence-corrected chi connectivity index (χ2v) is 3.19. The SMILES string of the molecule is O=C1CC2(CCC2)CO1. The summed E-state index contributed by atoms with van der Waals surface area (Å²) >= 11 is 0. The van der Waals surface area contributed by atoms with E-state index in [0.29, 0.717) is 18.4 Å². The molecular formula is C7H10O2. The summed E-state index contributed by atoms with van der Waals surface area (Å²) in [5.41, 5.74) is 0.317. The summed E-state index contributed by atoms with van der Waals surface area (Å²) in [4.78, 5) is 10.6. The van der Waals surface area contributed by atoms with Crippen molar-refractivity contribution in [1.82, 2.24) is 0 Å². The molecule has 0 aromatic carbocycles. The molecule has 9 heavy (non-hydrogen) atoms. The van der Waals surface area contributed by atoms with E-state index in [0.717, 1.165) is 0 Å². The Kier molecular flexibility index (Phi) is 0.875. The molecule has 0 bridgehead atoms. The molecule has 0 aromatic heterocycles. The monoisotopic (exact) mass is 126 g/mol. The normalized spacial score (nSPS) is 30.0. The van der Waals surface area contributed by atoms with Gasteiger partial charge in [-0.3, -0.25) is 4.79 Å². The average molecular weight is 126 g/mol. The Hall–Kier alpha value is -0.530. The van der Waals surface area contributed by atoms with Crippen molar-refractivity contribution >= 4 is 5.97 Å². The Balaban J connectivity index is 2.07. The molecule has 1 spiro atoms. The fourth-order valence-corrected chi connectivity index (χ4v) is 1.64. The molecule has 1 aliphatic heterocycles. The van der Waals surface area contributed by atoms with Crippen molar-refractivity contribution in [3.8, 4) is 0 Å². The smallest absolute Gasteiger partial charge is 0.306 e. The Morgan fingerprint density at radius 2 is 2.22 bits per heavy atom. The summed E-state index contributed by atoms with van der Waals surface area (Å²) in [7, 11) is 0. The molecule has 50 valence electrons. The number of rotatable bonds is 0. The van der Waals surface area contributed by atoms with Crippen LogP contribution < -0.4 is 0 Å². The molecule has 0 aromatic rings. The van der Waals surface area contributed by atoms with Crippen LogP contribution in [0.2, 0.25) is 0 Å². The van der Waals surface area contributed by atoms with E-state index in [1.54, 1.807) is 0 Å². The van der Waals surface area contributed by atoms with E-state index in [9.17, 15) is 4.79 Å². The lowest BCUT2D eigenvalue weighted by Crippen LogP contribution is -2.29. The van der Waals surface area contributed by atoms with Crippen LogP contribution in [0.3, 0.4) is 0 Å². The molecule has 1 aliphatic carbocycles. The lowest BCUT2D eigenvalue weighted by molar-refractivity contribution is -0.137. The first-order chi connectivity index (χ1) is 4.31. The maximum Gasteiger partial charge on any atom is 0.306 e. The standard InChI is InChI=1S/C7H10O2/c8-6-4-7(5-9-6)2-1-3-7/h1-5H2. The molecule has 0 unspecified atom stereocenters. The highest BCUT2D eigenvalue weighted by Gasteiger charge is 2.44. The van der Waals surface area contributed by atoms with Gasteiger partial charge in [0.25, 0.3) is 0 Å². The predicted octanol–water partition coefficient (Wildman–Crippen LogP) is 1.10. The van der Waals surface area contributed by atoms with E-state index < -0.39 is 0 Å². The number of ether oxygens (including phenoxy) is 1. The first-order valence-electron chi connectivity index (χ1n) is 3.46. The summed E-state index contributed by atoms with van der Waals surface area (Å²) in [5, 5.41) is 0. The molecule has 0 atom stereocenters. The van der Waals surface area contributed by atoms with Gasteiger partial charge in [0, 0.05) is 5.41 Å². The van der Waals surface area contributed by atoms with Crippen LogP contribution >= 0.6 is 0 Å². The van der Waals surface area contributed by atoms with Crippen LogP contribution in [-0.4, -0.2) is 12.6 Å². The number of hydrogen-bond donors (Lipinski definition) is 0. The minimum Gasteiger partial charge on any atom is -0.465 e. The molecular weight excluding hydrogens is 116 g/mol. The molecule has 2 rings (SSSR count). The molecule has 0 amide bonds. The second kappa shape index (κ2) is 1.49. The molecule has 1 heterocycles. The van der Waals surface area contributed by atoms with Gasteiger partial charge in [0.1, 0.15) is 0 Å². The van der Waals surface area contributed by atoms with E-state index in [2.05, 4.69) is 0 Å². The summed E-state index contributed by atoms with van der Waals surface area (Å²) in [6.45, 7) is 0.700. The van der Waals surface area contributed by atoms with Crippen molar-refractivity contribution in [1.29, 1.82) is 0 Å². The number of carbonyl (C=O) groups is 1. The van der Waals surface area contributed by atoms with Gasteiger partial charge in [-0.25, -0.2) is 0 Å². The van der Waals surface area contributed by atoms with E-state index in [1.165, 1.54) is 19.3 Å². The molecule has 1 saturated carbocycles. The van der Waals surface area contributed by atoms with E-state index >= 15 is 0 Å². The van der Waals surface area contributed by atoms with Crippen molar-refractivity contribution in [3.63, 3.8) is 0 Å². The van der Waals surface area contributed by atoms with Gasteiger partial charge in [-0.15, -0.1) is 0 Å². The zero-order valence-electron chi connectivity index (χ0n) is 5.35. The topological polar surface area (TPSA) is 26.3 Å². The Morgan fingerprint density at radius 3 is 2.44 bits per heavy atom. The van der Waals surface area contributed by atoms with Gasteiger partial charge in [0.05, 0.1) is 13.0 Å². The van der Waals surface area contributed by atoms with Gasteiger partial charge in [-0.2, -0.15) is 0 Å². The fourth-order valence-electron chi connectivity index (χ4n) is 1.64. The number of cyclic esters (lactones) is 1. The number of carbonyl (C=O) groups excluding carboxylic acids is 1. The Morgan fingerprint density at radius 1 is 1.44 bits per heavy atom. The first kappa shape index (κ1) is 5.27. The number of hydrogen-bond acceptors (Lipinski definition) is 2. The van der Waals surface area contributed by atoms with Gasteiger partial charge >= 0.3 is 5.97 Å². The lowest BCUT2D eigenvalue weighted by Gasteiger charge is -2.34. The Labute approximate surface area is 54.2 Å². The van der Waals surface area contributed by atoms with E-state index in [1.807, 2.05) is 0 Å². The second-order valence-electron chi connectivity index (χ2n) is 3.19. The zero-order chi connectivity index (χ0) is 6.32.